The number of nitrogens with one attached hydrogen (secondary N) is 1. The summed E-state index contributed by atoms with van der Waals surface area (Å²) in [6, 6.07) is 1.95. The van der Waals surface area contributed by atoms with Gasteiger partial charge >= 0.3 is 0 Å². The van der Waals surface area contributed by atoms with E-state index in [2.05, 4.69) is 20.1 Å². The second-order valence-electron chi connectivity index (χ2n) is 7.96. The van der Waals surface area contributed by atoms with Gasteiger partial charge in [0, 0.05) is 36.0 Å². The highest BCUT2D eigenvalue weighted by Crippen LogP contribution is 2.40. The normalized spacial score (nSPS) is 21.0. The number of rotatable bonds is 1. The number of amides is 1. The lowest BCUT2D eigenvalue weighted by atomic mass is 9.80. The van der Waals surface area contributed by atoms with Gasteiger partial charge in [-0.25, -0.2) is 14.5 Å². The summed E-state index contributed by atoms with van der Waals surface area (Å²) in [5.74, 6) is 1.03. The molecule has 2 aliphatic rings. The first-order valence-electron chi connectivity index (χ1n) is 9.63. The molecule has 4 heterocycles. The van der Waals surface area contributed by atoms with Crippen molar-refractivity contribution in [2.45, 2.75) is 39.5 Å². The van der Waals surface area contributed by atoms with Crippen molar-refractivity contribution in [2.24, 2.45) is 5.92 Å². The molecule has 0 radical (unpaired) electrons. The van der Waals surface area contributed by atoms with Gasteiger partial charge in [-0.15, -0.1) is 0 Å². The molecular weight excluding hydrogens is 356 g/mol. The average Bonchev–Trinajstić information content (AvgIpc) is 3.25. The molecule has 1 aliphatic carbocycles. The minimum Gasteiger partial charge on any atom is -0.337 e. The molecule has 1 amide bonds. The summed E-state index contributed by atoms with van der Waals surface area (Å²) in [6.07, 6.45) is 3.23. The van der Waals surface area contributed by atoms with Gasteiger partial charge in [-0.1, -0.05) is 0 Å². The van der Waals surface area contributed by atoms with Crippen molar-refractivity contribution in [2.75, 3.05) is 13.1 Å². The molecule has 8 heteroatoms. The van der Waals surface area contributed by atoms with Crippen LogP contribution < -0.4 is 5.56 Å². The van der Waals surface area contributed by atoms with E-state index in [1.54, 1.807) is 17.6 Å². The Labute approximate surface area is 161 Å². The number of hydrogen-bond acceptors (Lipinski definition) is 5. The number of likely N-dealkylation sites (tertiary alicyclic amines) is 1. The van der Waals surface area contributed by atoms with Crippen molar-refractivity contribution >= 4 is 11.6 Å². The van der Waals surface area contributed by atoms with Crippen LogP contribution in [0.15, 0.2) is 17.1 Å². The number of H-pyrrole nitrogens is 1. The number of carbonyl (C=O) groups is 1. The maximum Gasteiger partial charge on any atom is 0.259 e. The van der Waals surface area contributed by atoms with Gasteiger partial charge in [-0.05, 0) is 45.6 Å². The van der Waals surface area contributed by atoms with E-state index in [0.29, 0.717) is 36.0 Å². The largest absolute Gasteiger partial charge is 0.337 e. The van der Waals surface area contributed by atoms with Crippen molar-refractivity contribution in [1.82, 2.24) is 29.5 Å². The van der Waals surface area contributed by atoms with Crippen molar-refractivity contribution in [3.8, 4) is 0 Å². The van der Waals surface area contributed by atoms with E-state index < -0.39 is 0 Å². The molecule has 0 unspecified atom stereocenters. The molecule has 0 saturated carbocycles. The zero-order chi connectivity index (χ0) is 19.6. The fourth-order valence-electron chi connectivity index (χ4n) is 4.74. The second kappa shape index (κ2) is 5.98. The summed E-state index contributed by atoms with van der Waals surface area (Å²) >= 11 is 0. The molecule has 144 valence electrons. The van der Waals surface area contributed by atoms with E-state index in [9.17, 15) is 9.59 Å². The molecule has 1 N–H and O–H groups in total. The third-order valence-corrected chi connectivity index (χ3v) is 6.02. The lowest BCUT2D eigenvalue weighted by molar-refractivity contribution is 0.0787. The lowest BCUT2D eigenvalue weighted by Crippen LogP contribution is -2.29. The zero-order valence-corrected chi connectivity index (χ0v) is 16.2. The van der Waals surface area contributed by atoms with E-state index >= 15 is 0 Å². The van der Waals surface area contributed by atoms with E-state index in [-0.39, 0.29) is 17.4 Å². The van der Waals surface area contributed by atoms with Crippen molar-refractivity contribution < 1.29 is 4.79 Å². The number of nitrogens with zero attached hydrogens (tertiary/aromatic N) is 5. The monoisotopic (exact) mass is 378 g/mol. The van der Waals surface area contributed by atoms with E-state index in [1.807, 2.05) is 24.8 Å². The number of carbonyl (C=O) groups excluding carboxylic acids is 1. The predicted molar refractivity (Wildman–Crippen MR) is 103 cm³/mol. The molecule has 0 aromatic carbocycles. The Bertz CT molecular complexity index is 1180. The van der Waals surface area contributed by atoms with Gasteiger partial charge in [0.15, 0.2) is 5.65 Å². The first-order valence-corrected chi connectivity index (χ1v) is 9.63. The number of aromatic nitrogens is 5. The molecule has 3 aromatic heterocycles. The van der Waals surface area contributed by atoms with Gasteiger partial charge in [0.1, 0.15) is 11.4 Å². The van der Waals surface area contributed by atoms with E-state index in [4.69, 9.17) is 0 Å². The Morgan fingerprint density at radius 2 is 2.04 bits per heavy atom. The van der Waals surface area contributed by atoms with Crippen LogP contribution in [0, 0.1) is 26.7 Å². The van der Waals surface area contributed by atoms with Crippen LogP contribution in [0.1, 0.15) is 51.2 Å². The van der Waals surface area contributed by atoms with Crippen LogP contribution in [0.3, 0.4) is 0 Å². The zero-order valence-electron chi connectivity index (χ0n) is 16.2. The van der Waals surface area contributed by atoms with Crippen molar-refractivity contribution in [1.29, 1.82) is 0 Å². The van der Waals surface area contributed by atoms with Crippen molar-refractivity contribution in [3.63, 3.8) is 0 Å². The number of aromatic amines is 1. The number of hydrogen-bond donors (Lipinski definition) is 1. The highest BCUT2D eigenvalue weighted by atomic mass is 16.2. The minimum atomic E-state index is -0.0509. The quantitative estimate of drug-likeness (QED) is 0.693. The molecule has 2 atom stereocenters. The van der Waals surface area contributed by atoms with Crippen LogP contribution in [0.2, 0.25) is 0 Å². The predicted octanol–water partition coefficient (Wildman–Crippen LogP) is 1.54. The number of fused-ring (bicyclic) bond motifs is 4. The highest BCUT2D eigenvalue weighted by Gasteiger charge is 2.41. The van der Waals surface area contributed by atoms with Gasteiger partial charge < -0.3 is 9.88 Å². The van der Waals surface area contributed by atoms with Crippen molar-refractivity contribution in [3.05, 3.63) is 56.7 Å². The van der Waals surface area contributed by atoms with Gasteiger partial charge in [0.05, 0.1) is 11.9 Å². The average molecular weight is 378 g/mol. The maximum atomic E-state index is 13.3. The SMILES string of the molecule is Cc1cc(C)n2ncc(C(=O)N3C[C@H]4CCc5c(nc(C)[nH]c5=O)[C@H]4C3)c2n1. The third-order valence-electron chi connectivity index (χ3n) is 6.02. The minimum absolute atomic E-state index is 0.0384. The summed E-state index contributed by atoms with van der Waals surface area (Å²) in [6.45, 7) is 6.93. The Kier molecular flexibility index (Phi) is 3.65. The fraction of sp³-hybridized carbons (Fsp3) is 0.450. The molecule has 1 fully saturated rings. The Morgan fingerprint density at radius 1 is 1.21 bits per heavy atom. The third kappa shape index (κ3) is 2.47. The van der Waals surface area contributed by atoms with Crippen LogP contribution in [0.5, 0.6) is 0 Å². The van der Waals surface area contributed by atoms with Gasteiger partial charge in [-0.3, -0.25) is 9.59 Å². The van der Waals surface area contributed by atoms with Crippen LogP contribution in [0.25, 0.3) is 5.65 Å². The molecule has 0 bridgehead atoms. The summed E-state index contributed by atoms with van der Waals surface area (Å²) in [4.78, 5) is 39.4. The molecule has 5 rings (SSSR count). The molecule has 3 aromatic rings. The van der Waals surface area contributed by atoms with Gasteiger partial charge in [0.25, 0.3) is 11.5 Å². The highest BCUT2D eigenvalue weighted by molar-refractivity contribution is 5.99. The lowest BCUT2D eigenvalue weighted by Gasteiger charge is -2.25. The molecule has 0 spiro atoms. The van der Waals surface area contributed by atoms with Crippen LogP contribution in [-0.2, 0) is 6.42 Å². The van der Waals surface area contributed by atoms with E-state index in [0.717, 1.165) is 35.5 Å². The van der Waals surface area contributed by atoms with E-state index in [1.165, 1.54) is 0 Å². The standard InChI is InChI=1S/C20H22N6O2/c1-10-6-11(2)26-18(22-10)15(7-21-26)20(28)25-8-13-4-5-14-17(16(13)9-25)23-12(3)24-19(14)27/h6-7,13,16H,4-5,8-9H2,1-3H3,(H,23,24,27)/t13-,16+/m1/s1. The molecule has 28 heavy (non-hydrogen) atoms. The summed E-state index contributed by atoms with van der Waals surface area (Å²) in [7, 11) is 0. The Morgan fingerprint density at radius 3 is 2.86 bits per heavy atom. The first-order chi connectivity index (χ1) is 13.4. The first kappa shape index (κ1) is 17.1. The smallest absolute Gasteiger partial charge is 0.259 e. The van der Waals surface area contributed by atoms with Gasteiger partial charge in [-0.2, -0.15) is 5.10 Å². The molecule has 1 saturated heterocycles. The van der Waals surface area contributed by atoms with Gasteiger partial charge in [0.2, 0.25) is 0 Å². The summed E-state index contributed by atoms with van der Waals surface area (Å²) in [5, 5.41) is 4.35. The van der Waals surface area contributed by atoms with Crippen LogP contribution >= 0.6 is 0 Å². The topological polar surface area (TPSA) is 96.3 Å². The second-order valence-corrected chi connectivity index (χ2v) is 7.96. The number of aryl methyl sites for hydroxylation is 3. The summed E-state index contributed by atoms with van der Waals surface area (Å²) in [5.41, 5.74) is 4.56. The molecular formula is C20H22N6O2. The molecule has 1 aliphatic heterocycles. The summed E-state index contributed by atoms with van der Waals surface area (Å²) < 4.78 is 1.71. The molecule has 8 nitrogen and oxygen atoms in total. The Balaban J connectivity index is 1.50. The fourth-order valence-corrected chi connectivity index (χ4v) is 4.74. The van der Waals surface area contributed by atoms with Crippen LogP contribution in [0.4, 0.5) is 0 Å². The Hall–Kier alpha value is -3.03. The van der Waals surface area contributed by atoms with Crippen LogP contribution in [-0.4, -0.2) is 48.5 Å². The maximum absolute atomic E-state index is 13.3.